The fourth-order valence-corrected chi connectivity index (χ4v) is 4.12. The van der Waals surface area contributed by atoms with Crippen molar-refractivity contribution in [2.45, 2.75) is 24.7 Å². The molecule has 0 bridgehead atoms. The van der Waals surface area contributed by atoms with Crippen LogP contribution in [0.3, 0.4) is 0 Å². The number of hydrogen-bond donors (Lipinski definition) is 0. The maximum atomic E-state index is 11.7. The lowest BCUT2D eigenvalue weighted by Crippen LogP contribution is -2.07. The predicted molar refractivity (Wildman–Crippen MR) is 122 cm³/mol. The van der Waals surface area contributed by atoms with Gasteiger partial charge in [0.15, 0.2) is 21.3 Å². The third kappa shape index (κ3) is 4.03. The molecule has 2 aromatic heterocycles. The van der Waals surface area contributed by atoms with Gasteiger partial charge in [-0.25, -0.2) is 23.1 Å². The molecule has 2 aromatic carbocycles. The number of aromatic nitrogens is 4. The zero-order valence-corrected chi connectivity index (χ0v) is 19.3. The molecule has 0 atom stereocenters. The van der Waals surface area contributed by atoms with Crippen molar-refractivity contribution in [3.8, 4) is 28.6 Å². The molecule has 4 rings (SSSR count). The minimum atomic E-state index is -3.24. The molecule has 0 aliphatic carbocycles. The smallest absolute Gasteiger partial charge is 0.251 e. The van der Waals surface area contributed by atoms with Gasteiger partial charge in [0, 0.05) is 29.5 Å². The van der Waals surface area contributed by atoms with Crippen LogP contribution in [0.2, 0.25) is 0 Å². The highest BCUT2D eigenvalue weighted by Crippen LogP contribution is 2.34. The summed E-state index contributed by atoms with van der Waals surface area (Å²) in [7, 11) is -0.0580. The summed E-state index contributed by atoms with van der Waals surface area (Å²) in [6.07, 6.45) is 4.71. The van der Waals surface area contributed by atoms with Crippen molar-refractivity contribution in [2.24, 2.45) is 0 Å². The van der Waals surface area contributed by atoms with E-state index in [0.717, 1.165) is 27.7 Å². The van der Waals surface area contributed by atoms with Gasteiger partial charge in [-0.3, -0.25) is 0 Å². The summed E-state index contributed by atoms with van der Waals surface area (Å²) in [5, 5.41) is 5.33. The van der Waals surface area contributed by atoms with Crippen LogP contribution in [0.25, 0.3) is 28.0 Å². The fraction of sp³-hybridized carbons (Fsp3) is 0.261. The first kappa shape index (κ1) is 21.8. The van der Waals surface area contributed by atoms with E-state index >= 15 is 0 Å². The Morgan fingerprint density at radius 2 is 1.59 bits per heavy atom. The Kier molecular flexibility index (Phi) is 5.60. The highest BCUT2D eigenvalue weighted by molar-refractivity contribution is 7.90. The summed E-state index contributed by atoms with van der Waals surface area (Å²) in [5.74, 6) is 1.80. The maximum absolute atomic E-state index is 11.7. The van der Waals surface area contributed by atoms with Gasteiger partial charge in [-0.15, -0.1) is 0 Å². The molecule has 0 aliphatic rings. The third-order valence-electron chi connectivity index (χ3n) is 5.17. The van der Waals surface area contributed by atoms with Crippen molar-refractivity contribution >= 4 is 20.7 Å². The normalized spacial score (nSPS) is 11.8. The van der Waals surface area contributed by atoms with E-state index < -0.39 is 9.84 Å². The van der Waals surface area contributed by atoms with E-state index in [1.165, 1.54) is 6.26 Å². The molecular weight excluding hydrogens is 428 g/mol. The van der Waals surface area contributed by atoms with Crippen LogP contribution in [-0.2, 0) is 9.84 Å². The molecule has 0 aliphatic heterocycles. The SMILES string of the molecule is COc1cc2nc(-n3cc(-c4ccc(S(C)(=O)=O)cc4)cn3)nc(C(C)C)c2cc1OC. The number of sulfone groups is 1. The Balaban J connectivity index is 1.79. The summed E-state index contributed by atoms with van der Waals surface area (Å²) in [6, 6.07) is 10.4. The van der Waals surface area contributed by atoms with E-state index in [1.807, 2.05) is 18.3 Å². The average molecular weight is 453 g/mol. The first-order valence-electron chi connectivity index (χ1n) is 10.0. The number of fused-ring (bicyclic) bond motifs is 1. The first-order chi connectivity index (χ1) is 15.2. The van der Waals surface area contributed by atoms with Crippen LogP contribution in [0.4, 0.5) is 0 Å². The molecule has 9 heteroatoms. The summed E-state index contributed by atoms with van der Waals surface area (Å²) in [4.78, 5) is 9.74. The van der Waals surface area contributed by atoms with Gasteiger partial charge in [0.1, 0.15) is 0 Å². The monoisotopic (exact) mass is 452 g/mol. The van der Waals surface area contributed by atoms with Gasteiger partial charge >= 0.3 is 0 Å². The van der Waals surface area contributed by atoms with Crippen molar-refractivity contribution in [2.75, 3.05) is 20.5 Å². The molecule has 0 saturated heterocycles. The molecule has 166 valence electrons. The van der Waals surface area contributed by atoms with Gasteiger partial charge in [0.25, 0.3) is 5.95 Å². The molecule has 32 heavy (non-hydrogen) atoms. The second-order valence-corrected chi connectivity index (χ2v) is 9.77. The van der Waals surface area contributed by atoms with Crippen molar-refractivity contribution in [3.63, 3.8) is 0 Å². The van der Waals surface area contributed by atoms with Crippen LogP contribution in [0, 0.1) is 0 Å². The summed E-state index contributed by atoms with van der Waals surface area (Å²) < 4.78 is 35.9. The summed E-state index contributed by atoms with van der Waals surface area (Å²) >= 11 is 0. The van der Waals surface area contributed by atoms with Crippen molar-refractivity contribution < 1.29 is 17.9 Å². The Morgan fingerprint density at radius 1 is 0.938 bits per heavy atom. The molecule has 0 radical (unpaired) electrons. The lowest BCUT2D eigenvalue weighted by atomic mass is 10.0. The molecule has 0 N–H and O–H groups in total. The third-order valence-corrected chi connectivity index (χ3v) is 6.30. The van der Waals surface area contributed by atoms with Crippen LogP contribution < -0.4 is 9.47 Å². The molecule has 0 unspecified atom stereocenters. The number of nitrogens with zero attached hydrogens (tertiary/aromatic N) is 4. The molecule has 0 fully saturated rings. The van der Waals surface area contributed by atoms with Crippen molar-refractivity contribution in [1.29, 1.82) is 0 Å². The summed E-state index contributed by atoms with van der Waals surface area (Å²) in [5.41, 5.74) is 3.28. The van der Waals surface area contributed by atoms with E-state index in [9.17, 15) is 8.42 Å². The first-order valence-corrected chi connectivity index (χ1v) is 11.9. The van der Waals surface area contributed by atoms with Gasteiger partial charge in [0.05, 0.1) is 36.5 Å². The second-order valence-electron chi connectivity index (χ2n) is 7.76. The van der Waals surface area contributed by atoms with Gasteiger partial charge in [0.2, 0.25) is 0 Å². The Bertz CT molecular complexity index is 1390. The van der Waals surface area contributed by atoms with E-state index in [4.69, 9.17) is 19.4 Å². The highest BCUT2D eigenvalue weighted by Gasteiger charge is 2.17. The molecular formula is C23H24N4O4S. The summed E-state index contributed by atoms with van der Waals surface area (Å²) in [6.45, 7) is 4.14. The zero-order valence-electron chi connectivity index (χ0n) is 18.5. The van der Waals surface area contributed by atoms with Crippen LogP contribution >= 0.6 is 0 Å². The lowest BCUT2D eigenvalue weighted by molar-refractivity contribution is 0.355. The number of rotatable bonds is 6. The predicted octanol–water partition coefficient (Wildman–Crippen LogP) is 4.03. The lowest BCUT2D eigenvalue weighted by Gasteiger charge is -2.14. The van der Waals surface area contributed by atoms with Crippen LogP contribution in [-0.4, -0.2) is 48.6 Å². The number of methoxy groups -OCH3 is 2. The van der Waals surface area contributed by atoms with Crippen LogP contribution in [0.15, 0.2) is 53.7 Å². The molecule has 8 nitrogen and oxygen atoms in total. The number of ether oxygens (including phenoxy) is 2. The molecule has 4 aromatic rings. The topological polar surface area (TPSA) is 96.2 Å². The van der Waals surface area contributed by atoms with Gasteiger partial charge in [-0.1, -0.05) is 26.0 Å². The highest BCUT2D eigenvalue weighted by atomic mass is 32.2. The Hall–Kier alpha value is -3.46. The largest absolute Gasteiger partial charge is 0.493 e. The molecule has 0 spiro atoms. The molecule has 0 saturated carbocycles. The standard InChI is InChI=1S/C23H24N4O4S/c1-14(2)22-18-10-20(30-3)21(31-4)11-19(18)25-23(26-22)27-13-16(12-24-27)15-6-8-17(9-7-15)32(5,28)29/h6-14H,1-5H3. The van der Waals surface area contributed by atoms with E-state index in [2.05, 4.69) is 18.9 Å². The quantitative estimate of drug-likeness (QED) is 0.436. The van der Waals surface area contributed by atoms with Gasteiger partial charge in [-0.05, 0) is 29.7 Å². The fourth-order valence-electron chi connectivity index (χ4n) is 3.49. The Labute approximate surface area is 186 Å². The van der Waals surface area contributed by atoms with E-state index in [0.29, 0.717) is 17.4 Å². The number of benzene rings is 2. The average Bonchev–Trinajstić information content (AvgIpc) is 3.27. The van der Waals surface area contributed by atoms with Gasteiger partial charge in [-0.2, -0.15) is 5.10 Å². The van der Waals surface area contributed by atoms with Crippen LogP contribution in [0.1, 0.15) is 25.5 Å². The van der Waals surface area contributed by atoms with Crippen LogP contribution in [0.5, 0.6) is 11.5 Å². The number of hydrogen-bond acceptors (Lipinski definition) is 7. The minimum Gasteiger partial charge on any atom is -0.493 e. The maximum Gasteiger partial charge on any atom is 0.251 e. The van der Waals surface area contributed by atoms with Crippen molar-refractivity contribution in [1.82, 2.24) is 19.7 Å². The zero-order chi connectivity index (χ0) is 23.0. The molecule has 0 amide bonds. The Morgan fingerprint density at radius 3 is 2.19 bits per heavy atom. The molecule has 2 heterocycles. The van der Waals surface area contributed by atoms with E-state index in [1.54, 1.807) is 49.4 Å². The second kappa shape index (κ2) is 8.23. The minimum absolute atomic E-state index is 0.149. The van der Waals surface area contributed by atoms with E-state index in [-0.39, 0.29) is 10.8 Å². The van der Waals surface area contributed by atoms with Crippen molar-refractivity contribution in [3.05, 3.63) is 54.5 Å². The van der Waals surface area contributed by atoms with Gasteiger partial charge < -0.3 is 9.47 Å².